The van der Waals surface area contributed by atoms with Gasteiger partial charge in [0.05, 0.1) is 15.6 Å². The highest BCUT2D eigenvalue weighted by Gasteiger charge is 2.30. The van der Waals surface area contributed by atoms with E-state index in [1.165, 1.54) is 16.2 Å². The molecule has 1 fully saturated rings. The number of rotatable bonds is 4. The molecule has 1 saturated heterocycles. The molecule has 1 aliphatic rings. The zero-order valence-corrected chi connectivity index (χ0v) is 19.3. The number of halogens is 1. The van der Waals surface area contributed by atoms with Crippen molar-refractivity contribution < 1.29 is 0 Å². The van der Waals surface area contributed by atoms with Crippen LogP contribution in [0.4, 0.5) is 0 Å². The lowest BCUT2D eigenvalue weighted by Crippen LogP contribution is -2.41. The van der Waals surface area contributed by atoms with Crippen LogP contribution in [-0.2, 0) is 6.42 Å². The van der Waals surface area contributed by atoms with E-state index in [1.807, 2.05) is 18.4 Å². The van der Waals surface area contributed by atoms with Crippen LogP contribution in [0.3, 0.4) is 0 Å². The molecule has 0 aromatic carbocycles. The highest BCUT2D eigenvalue weighted by molar-refractivity contribution is 14.0. The molecule has 7 heteroatoms. The Hall–Kier alpha value is -0.670. The topological polar surface area (TPSA) is 40.5 Å². The second-order valence-electron chi connectivity index (χ2n) is 7.08. The number of hydrogen-bond acceptors (Lipinski definition) is 4. The van der Waals surface area contributed by atoms with Gasteiger partial charge in [-0.3, -0.25) is 4.99 Å². The third-order valence-electron chi connectivity index (χ3n) is 4.38. The van der Waals surface area contributed by atoms with Gasteiger partial charge in [-0.25, -0.2) is 4.98 Å². The molecule has 0 radical (unpaired) electrons. The predicted molar refractivity (Wildman–Crippen MR) is 121 cm³/mol. The monoisotopic (exact) mass is 490 g/mol. The van der Waals surface area contributed by atoms with E-state index in [4.69, 9.17) is 0 Å². The maximum atomic E-state index is 4.57. The maximum absolute atomic E-state index is 4.57. The summed E-state index contributed by atoms with van der Waals surface area (Å²) in [6.07, 6.45) is 2.25. The first-order valence-electron chi connectivity index (χ1n) is 8.44. The summed E-state index contributed by atoms with van der Waals surface area (Å²) in [5.41, 5.74) is 1.50. The smallest absolute Gasteiger partial charge is 0.193 e. The first-order chi connectivity index (χ1) is 11.5. The van der Waals surface area contributed by atoms with Crippen LogP contribution in [0.15, 0.2) is 22.5 Å². The third kappa shape index (κ3) is 5.40. The molecule has 0 spiro atoms. The number of aryl methyl sites for hydroxylation is 1. The van der Waals surface area contributed by atoms with Gasteiger partial charge in [-0.15, -0.1) is 46.7 Å². The van der Waals surface area contributed by atoms with Gasteiger partial charge < -0.3 is 10.2 Å². The first-order valence-corrected chi connectivity index (χ1v) is 10.1. The van der Waals surface area contributed by atoms with E-state index in [1.54, 1.807) is 11.3 Å². The fourth-order valence-corrected chi connectivity index (χ4v) is 4.70. The summed E-state index contributed by atoms with van der Waals surface area (Å²) in [7, 11) is 1.88. The van der Waals surface area contributed by atoms with Crippen LogP contribution in [0, 0.1) is 12.3 Å². The Bertz CT molecular complexity index is 720. The second-order valence-corrected chi connectivity index (χ2v) is 9.31. The van der Waals surface area contributed by atoms with Crippen LogP contribution in [0.2, 0.25) is 0 Å². The quantitative estimate of drug-likeness (QED) is 0.386. The van der Waals surface area contributed by atoms with E-state index >= 15 is 0 Å². The highest BCUT2D eigenvalue weighted by atomic mass is 127. The van der Waals surface area contributed by atoms with Crippen molar-refractivity contribution in [1.29, 1.82) is 0 Å². The Morgan fingerprint density at radius 1 is 1.40 bits per heavy atom. The number of nitrogens with one attached hydrogen (secondary N) is 1. The molecular weight excluding hydrogens is 463 g/mol. The zero-order valence-electron chi connectivity index (χ0n) is 15.3. The summed E-state index contributed by atoms with van der Waals surface area (Å²) in [5, 5.41) is 6.78. The van der Waals surface area contributed by atoms with Gasteiger partial charge >= 0.3 is 0 Å². The van der Waals surface area contributed by atoms with Crippen molar-refractivity contribution in [1.82, 2.24) is 15.2 Å². The summed E-state index contributed by atoms with van der Waals surface area (Å²) in [6.45, 7) is 9.80. The van der Waals surface area contributed by atoms with Crippen LogP contribution in [0.1, 0.15) is 30.2 Å². The van der Waals surface area contributed by atoms with Crippen molar-refractivity contribution in [3.63, 3.8) is 0 Å². The summed E-state index contributed by atoms with van der Waals surface area (Å²) < 4.78 is 0. The Balaban J connectivity index is 0.00000225. The first kappa shape index (κ1) is 20.6. The molecule has 2 aromatic heterocycles. The van der Waals surface area contributed by atoms with Crippen molar-refractivity contribution >= 4 is 52.6 Å². The lowest BCUT2D eigenvalue weighted by atomic mass is 9.93. The van der Waals surface area contributed by atoms with Gasteiger partial charge in [0.2, 0.25) is 0 Å². The molecule has 25 heavy (non-hydrogen) atoms. The second kappa shape index (κ2) is 8.81. The van der Waals surface area contributed by atoms with E-state index in [0.29, 0.717) is 5.41 Å². The van der Waals surface area contributed by atoms with Gasteiger partial charge in [-0.2, -0.15) is 0 Å². The number of guanidine groups is 1. The molecule has 1 N–H and O–H groups in total. The number of thiophene rings is 1. The maximum Gasteiger partial charge on any atom is 0.193 e. The summed E-state index contributed by atoms with van der Waals surface area (Å²) >= 11 is 3.55. The van der Waals surface area contributed by atoms with Crippen molar-refractivity contribution in [3.05, 3.63) is 27.4 Å². The molecule has 4 nitrogen and oxygen atoms in total. The van der Waals surface area contributed by atoms with Crippen LogP contribution in [0.25, 0.3) is 10.6 Å². The Morgan fingerprint density at radius 3 is 2.80 bits per heavy atom. The summed E-state index contributed by atoms with van der Waals surface area (Å²) in [6, 6.07) is 4.41. The van der Waals surface area contributed by atoms with E-state index in [2.05, 4.69) is 58.5 Å². The van der Waals surface area contributed by atoms with E-state index < -0.39 is 0 Å². The lowest BCUT2D eigenvalue weighted by molar-refractivity contribution is 0.370. The molecule has 0 amide bonds. The van der Waals surface area contributed by atoms with Gasteiger partial charge in [0.1, 0.15) is 0 Å². The highest BCUT2D eigenvalue weighted by Crippen LogP contribution is 2.30. The normalized spacial score (nSPS) is 16.8. The average molecular weight is 490 g/mol. The standard InChI is InChI=1S/C18H26N4S2.HI/c1-13-21-15(11-23-13)16-6-5-14(24-16)7-9-20-17(19-4)22-10-8-18(2,3)12-22;/h5-6,11H,7-10,12H2,1-4H3,(H,19,20);1H. The van der Waals surface area contributed by atoms with Gasteiger partial charge in [-0.1, -0.05) is 13.8 Å². The molecule has 3 heterocycles. The number of hydrogen-bond donors (Lipinski definition) is 1. The molecular formula is C18H27IN4S2. The minimum atomic E-state index is 0. The van der Waals surface area contributed by atoms with Gasteiger partial charge in [0.25, 0.3) is 0 Å². The average Bonchev–Trinajstić information content (AvgIpc) is 3.24. The van der Waals surface area contributed by atoms with Crippen LogP contribution >= 0.6 is 46.7 Å². The molecule has 0 aliphatic carbocycles. The Labute approximate surface area is 175 Å². The molecule has 2 aromatic rings. The van der Waals surface area contributed by atoms with Crippen molar-refractivity contribution in [3.8, 4) is 10.6 Å². The lowest BCUT2D eigenvalue weighted by Gasteiger charge is -2.23. The molecule has 3 rings (SSSR count). The summed E-state index contributed by atoms with van der Waals surface area (Å²) in [5.74, 6) is 1.03. The van der Waals surface area contributed by atoms with Crippen LogP contribution in [0.5, 0.6) is 0 Å². The molecule has 0 bridgehead atoms. The minimum Gasteiger partial charge on any atom is -0.356 e. The molecule has 138 valence electrons. The van der Waals surface area contributed by atoms with Crippen molar-refractivity contribution in [2.75, 3.05) is 26.7 Å². The molecule has 0 atom stereocenters. The number of thiazole rings is 1. The zero-order chi connectivity index (χ0) is 17.2. The number of nitrogens with zero attached hydrogens (tertiary/aromatic N) is 3. The molecule has 0 unspecified atom stereocenters. The van der Waals surface area contributed by atoms with E-state index in [-0.39, 0.29) is 24.0 Å². The minimum absolute atomic E-state index is 0. The summed E-state index contributed by atoms with van der Waals surface area (Å²) in [4.78, 5) is 14.0. The SMILES string of the molecule is CN=C(NCCc1ccc(-c2csc(C)n2)s1)N1CCC(C)(C)C1.I. The van der Waals surface area contributed by atoms with E-state index in [9.17, 15) is 0 Å². The fraction of sp³-hybridized carbons (Fsp3) is 0.556. The Morgan fingerprint density at radius 2 is 2.20 bits per heavy atom. The van der Waals surface area contributed by atoms with Crippen LogP contribution < -0.4 is 5.32 Å². The van der Waals surface area contributed by atoms with Crippen molar-refractivity contribution in [2.45, 2.75) is 33.6 Å². The largest absolute Gasteiger partial charge is 0.356 e. The van der Waals surface area contributed by atoms with Gasteiger partial charge in [0, 0.05) is 36.9 Å². The van der Waals surface area contributed by atoms with Gasteiger partial charge in [0.15, 0.2) is 5.96 Å². The molecule has 1 aliphatic heterocycles. The molecule has 0 saturated carbocycles. The van der Waals surface area contributed by atoms with Gasteiger partial charge in [-0.05, 0) is 37.3 Å². The number of likely N-dealkylation sites (tertiary alicyclic amines) is 1. The number of aromatic nitrogens is 1. The Kier molecular flexibility index (Phi) is 7.28. The van der Waals surface area contributed by atoms with E-state index in [0.717, 1.165) is 42.7 Å². The number of aliphatic imine (C=N–C) groups is 1. The van der Waals surface area contributed by atoms with Crippen LogP contribution in [-0.4, -0.2) is 42.5 Å². The fourth-order valence-electron chi connectivity index (χ4n) is 3.05. The third-order valence-corrected chi connectivity index (χ3v) is 6.32. The van der Waals surface area contributed by atoms with Crippen molar-refractivity contribution in [2.24, 2.45) is 10.4 Å². The predicted octanol–water partition coefficient (Wildman–Crippen LogP) is 4.65.